The van der Waals surface area contributed by atoms with Gasteiger partial charge in [-0.25, -0.2) is 11.0 Å². The first kappa shape index (κ1) is 33.8. The SMILES string of the molecule is CN(Cc1ccc(/C=C/C(=O)NO)cc1)CC12CC3CC(C1)CC(C14CC5CC(CC(NCc6ccc(/C=C/C(=O)NO)cc6)(C5)C1)C4)(C3)C2. The van der Waals surface area contributed by atoms with Crippen LogP contribution in [0, 0.1) is 39.9 Å². The molecule has 0 aromatic heterocycles. The van der Waals surface area contributed by atoms with Crippen LogP contribution in [-0.2, 0) is 22.7 Å². The molecule has 2 aromatic carbocycles. The monoisotopic (exact) mass is 678 g/mol. The molecule has 50 heavy (non-hydrogen) atoms. The average Bonchev–Trinajstić information content (AvgIpc) is 3.08. The zero-order valence-corrected chi connectivity index (χ0v) is 29.5. The highest BCUT2D eigenvalue weighted by Crippen LogP contribution is 2.77. The second-order valence-electron chi connectivity index (χ2n) is 17.9. The Bertz CT molecular complexity index is 1620. The molecule has 0 radical (unpaired) electrons. The molecule has 8 aliphatic rings. The van der Waals surface area contributed by atoms with Crippen LogP contribution in [0.1, 0.15) is 99.3 Å². The minimum absolute atomic E-state index is 0.248. The maximum Gasteiger partial charge on any atom is 0.267 e. The summed E-state index contributed by atoms with van der Waals surface area (Å²) in [6.45, 7) is 3.00. The molecular weight excluding hydrogens is 624 g/mol. The van der Waals surface area contributed by atoms with Crippen molar-refractivity contribution in [1.29, 1.82) is 0 Å². The van der Waals surface area contributed by atoms with E-state index in [1.165, 1.54) is 107 Å². The highest BCUT2D eigenvalue weighted by molar-refractivity contribution is 5.91. The van der Waals surface area contributed by atoms with E-state index in [2.05, 4.69) is 65.8 Å². The lowest BCUT2D eigenvalue weighted by molar-refractivity contribution is -0.230. The molecule has 0 heterocycles. The van der Waals surface area contributed by atoms with E-state index in [0.29, 0.717) is 16.2 Å². The number of nitrogens with zero attached hydrogens (tertiary/aromatic N) is 1. The van der Waals surface area contributed by atoms with Gasteiger partial charge in [0.1, 0.15) is 0 Å². The third kappa shape index (κ3) is 6.49. The number of hydrogen-bond donors (Lipinski definition) is 5. The van der Waals surface area contributed by atoms with E-state index in [1.807, 2.05) is 0 Å². The summed E-state index contributed by atoms with van der Waals surface area (Å²) in [4.78, 5) is 25.4. The Morgan fingerprint density at radius 1 is 0.700 bits per heavy atom. The minimum Gasteiger partial charge on any atom is -0.307 e. The summed E-state index contributed by atoms with van der Waals surface area (Å²) in [5.41, 5.74) is 9.42. The Morgan fingerprint density at radius 2 is 1.18 bits per heavy atom. The summed E-state index contributed by atoms with van der Waals surface area (Å²) in [7, 11) is 2.32. The summed E-state index contributed by atoms with van der Waals surface area (Å²) in [5, 5.41) is 21.7. The van der Waals surface area contributed by atoms with E-state index in [4.69, 9.17) is 10.4 Å². The van der Waals surface area contributed by atoms with Crippen molar-refractivity contribution in [3.05, 3.63) is 82.9 Å². The van der Waals surface area contributed by atoms with Crippen molar-refractivity contribution in [1.82, 2.24) is 21.2 Å². The van der Waals surface area contributed by atoms with Gasteiger partial charge in [0.2, 0.25) is 0 Å². The van der Waals surface area contributed by atoms with E-state index >= 15 is 0 Å². The van der Waals surface area contributed by atoms with Gasteiger partial charge in [0.15, 0.2) is 0 Å². The maximum absolute atomic E-state index is 11.4. The first-order valence-corrected chi connectivity index (χ1v) is 19.0. The van der Waals surface area contributed by atoms with Gasteiger partial charge in [0, 0.05) is 37.3 Å². The van der Waals surface area contributed by atoms with Crippen molar-refractivity contribution in [2.24, 2.45) is 39.9 Å². The molecule has 4 atom stereocenters. The van der Waals surface area contributed by atoms with Crippen molar-refractivity contribution in [2.45, 2.75) is 95.7 Å². The van der Waals surface area contributed by atoms with Crippen LogP contribution in [0.3, 0.4) is 0 Å². The third-order valence-corrected chi connectivity index (χ3v) is 14.1. The summed E-state index contributed by atoms with van der Waals surface area (Å²) in [5.74, 6) is 2.45. The van der Waals surface area contributed by atoms with Crippen molar-refractivity contribution in [3.8, 4) is 0 Å². The Kier molecular flexibility index (Phi) is 8.82. The molecule has 0 saturated heterocycles. The van der Waals surface area contributed by atoms with E-state index in [-0.39, 0.29) is 5.54 Å². The zero-order valence-electron chi connectivity index (χ0n) is 29.5. The molecule has 2 aromatic rings. The van der Waals surface area contributed by atoms with Gasteiger partial charge in [0.05, 0.1) is 0 Å². The number of carbonyl (C=O) groups excluding carboxylic acids is 2. The third-order valence-electron chi connectivity index (χ3n) is 14.1. The number of nitrogens with one attached hydrogen (secondary N) is 3. The van der Waals surface area contributed by atoms with E-state index in [1.54, 1.807) is 23.1 Å². The number of carbonyl (C=O) groups is 2. The fraction of sp³-hybridized carbons (Fsp3) is 0.571. The molecule has 10 rings (SSSR count). The van der Waals surface area contributed by atoms with Crippen LogP contribution < -0.4 is 16.3 Å². The normalized spacial score (nSPS) is 36.6. The average molecular weight is 679 g/mol. The lowest BCUT2D eigenvalue weighted by atomic mass is 9.32. The fourth-order valence-corrected chi connectivity index (χ4v) is 13.5. The summed E-state index contributed by atoms with van der Waals surface area (Å²) >= 11 is 0. The second-order valence-corrected chi connectivity index (χ2v) is 17.9. The number of amides is 2. The fourth-order valence-electron chi connectivity index (χ4n) is 13.5. The van der Waals surface area contributed by atoms with Crippen molar-refractivity contribution in [2.75, 3.05) is 13.6 Å². The Hall–Kier alpha value is -3.30. The van der Waals surface area contributed by atoms with Crippen LogP contribution in [0.15, 0.2) is 60.7 Å². The lowest BCUT2D eigenvalue weighted by Gasteiger charge is -2.74. The van der Waals surface area contributed by atoms with E-state index in [0.717, 1.165) is 47.9 Å². The largest absolute Gasteiger partial charge is 0.307 e. The number of rotatable bonds is 12. The Morgan fingerprint density at radius 3 is 1.70 bits per heavy atom. The summed E-state index contributed by atoms with van der Waals surface area (Å²) in [6, 6.07) is 16.9. The summed E-state index contributed by atoms with van der Waals surface area (Å²) in [6.07, 6.45) is 23.2. The molecular formula is C42H54N4O4. The van der Waals surface area contributed by atoms with E-state index in [9.17, 15) is 9.59 Å². The standard InChI is InChI=1S/C42H54N4O4/c1-46(25-32-8-4-30(5-9-32)11-13-38(48)45-50)28-39-16-33-14-34(17-39)19-40(18-33,26-39)41-20-35-15-36(21-41)23-42(22-35,27-41)43-24-31-6-2-29(3-7-31)10-12-37(47)44-49/h2-13,33-36,43,49-50H,14-28H2,1H3,(H,44,47)(H,45,48)/b12-10+,13-11+. The molecule has 8 saturated carbocycles. The van der Waals surface area contributed by atoms with Gasteiger partial charge in [-0.1, -0.05) is 48.5 Å². The Balaban J connectivity index is 0.963. The van der Waals surface area contributed by atoms with Gasteiger partial charge in [-0.15, -0.1) is 0 Å². The topological polar surface area (TPSA) is 114 Å². The predicted octanol–water partition coefficient (Wildman–Crippen LogP) is 6.87. The van der Waals surface area contributed by atoms with Crippen LogP contribution >= 0.6 is 0 Å². The van der Waals surface area contributed by atoms with Crippen LogP contribution in [0.5, 0.6) is 0 Å². The quantitative estimate of drug-likeness (QED) is 0.0952. The lowest BCUT2D eigenvalue weighted by Crippen LogP contribution is -2.69. The van der Waals surface area contributed by atoms with Gasteiger partial charge in [0.25, 0.3) is 11.8 Å². The van der Waals surface area contributed by atoms with Gasteiger partial charge in [-0.05, 0) is 158 Å². The first-order valence-electron chi connectivity index (χ1n) is 19.0. The van der Waals surface area contributed by atoms with Crippen molar-refractivity contribution < 1.29 is 20.0 Å². The van der Waals surface area contributed by atoms with Crippen LogP contribution in [-0.4, -0.2) is 46.3 Å². The van der Waals surface area contributed by atoms with Crippen LogP contribution in [0.2, 0.25) is 0 Å². The van der Waals surface area contributed by atoms with Gasteiger partial charge in [-0.2, -0.15) is 0 Å². The minimum atomic E-state index is -0.521. The van der Waals surface area contributed by atoms with Crippen molar-refractivity contribution in [3.63, 3.8) is 0 Å². The molecule has 8 bridgehead atoms. The number of hydroxylamine groups is 2. The smallest absolute Gasteiger partial charge is 0.267 e. The molecule has 266 valence electrons. The van der Waals surface area contributed by atoms with E-state index < -0.39 is 11.8 Å². The van der Waals surface area contributed by atoms with Crippen LogP contribution in [0.25, 0.3) is 12.2 Å². The second kappa shape index (κ2) is 13.0. The highest BCUT2D eigenvalue weighted by atomic mass is 16.5. The summed E-state index contributed by atoms with van der Waals surface area (Å²) < 4.78 is 0. The van der Waals surface area contributed by atoms with Gasteiger partial charge in [-0.3, -0.25) is 20.0 Å². The molecule has 8 aliphatic carbocycles. The number of hydrogen-bond acceptors (Lipinski definition) is 6. The molecule has 0 aliphatic heterocycles. The molecule has 5 N–H and O–H groups in total. The highest BCUT2D eigenvalue weighted by Gasteiger charge is 2.69. The van der Waals surface area contributed by atoms with Crippen molar-refractivity contribution >= 4 is 24.0 Å². The molecule has 8 nitrogen and oxygen atoms in total. The first-order chi connectivity index (χ1) is 24.1. The molecule has 0 spiro atoms. The predicted molar refractivity (Wildman–Crippen MR) is 193 cm³/mol. The molecule has 2 amide bonds. The Labute approximate surface area is 296 Å². The maximum atomic E-state index is 11.4. The molecule has 4 unspecified atom stereocenters. The van der Waals surface area contributed by atoms with Crippen LogP contribution in [0.4, 0.5) is 0 Å². The number of benzene rings is 2. The molecule has 8 fully saturated rings. The molecule has 8 heteroatoms. The van der Waals surface area contributed by atoms with Gasteiger partial charge >= 0.3 is 0 Å². The zero-order chi connectivity index (χ0) is 34.6. The van der Waals surface area contributed by atoms with Gasteiger partial charge < -0.3 is 10.2 Å².